The highest BCUT2D eigenvalue weighted by Gasteiger charge is 2.08. The van der Waals surface area contributed by atoms with Gasteiger partial charge in [0.2, 0.25) is 5.88 Å². The Labute approximate surface area is 188 Å². The van der Waals surface area contributed by atoms with Gasteiger partial charge in [-0.2, -0.15) is 5.10 Å². The normalized spacial score (nSPS) is 10.6. The monoisotopic (exact) mass is 452 g/mol. The SMILES string of the molecule is Cc1cc(C)n(-c2ccc(Oc3ccc(NC(=O)Nc4ccc(F)c(Cl)c4)cc3)nn2)n1. The van der Waals surface area contributed by atoms with Gasteiger partial charge in [-0.25, -0.2) is 13.9 Å². The predicted octanol–water partition coefficient (Wildman–Crippen LogP) is 5.51. The number of nitrogens with zero attached hydrogens (tertiary/aromatic N) is 4. The number of halogens is 2. The molecule has 0 saturated carbocycles. The zero-order valence-corrected chi connectivity index (χ0v) is 17.9. The van der Waals surface area contributed by atoms with Gasteiger partial charge in [-0.15, -0.1) is 10.2 Å². The van der Waals surface area contributed by atoms with Gasteiger partial charge in [0, 0.05) is 23.1 Å². The van der Waals surface area contributed by atoms with Gasteiger partial charge in [-0.3, -0.25) is 0 Å². The van der Waals surface area contributed by atoms with Gasteiger partial charge in [-0.05, 0) is 68.4 Å². The summed E-state index contributed by atoms with van der Waals surface area (Å²) in [5.74, 6) is 0.881. The number of hydrogen-bond acceptors (Lipinski definition) is 5. The van der Waals surface area contributed by atoms with Crippen molar-refractivity contribution in [3.05, 3.63) is 82.9 Å². The largest absolute Gasteiger partial charge is 0.438 e. The number of benzene rings is 2. The van der Waals surface area contributed by atoms with Gasteiger partial charge in [0.15, 0.2) is 5.82 Å². The van der Waals surface area contributed by atoms with Gasteiger partial charge in [0.05, 0.1) is 10.7 Å². The number of hydrogen-bond donors (Lipinski definition) is 2. The molecule has 0 aliphatic heterocycles. The maximum absolute atomic E-state index is 13.2. The number of ether oxygens (including phenoxy) is 1. The second-order valence-electron chi connectivity index (χ2n) is 6.90. The molecule has 0 atom stereocenters. The lowest BCUT2D eigenvalue weighted by Gasteiger charge is -2.09. The third kappa shape index (κ3) is 5.01. The van der Waals surface area contributed by atoms with Crippen molar-refractivity contribution in [2.45, 2.75) is 13.8 Å². The Morgan fingerprint density at radius 2 is 1.69 bits per heavy atom. The molecule has 0 radical (unpaired) electrons. The zero-order valence-electron chi connectivity index (χ0n) is 17.1. The molecule has 2 amide bonds. The van der Waals surface area contributed by atoms with Crippen molar-refractivity contribution in [1.29, 1.82) is 0 Å². The van der Waals surface area contributed by atoms with Crippen molar-refractivity contribution >= 4 is 29.0 Å². The first kappa shape index (κ1) is 21.3. The van der Waals surface area contributed by atoms with Crippen LogP contribution in [0.3, 0.4) is 0 Å². The molecule has 0 unspecified atom stereocenters. The lowest BCUT2D eigenvalue weighted by molar-refractivity contribution is 0.262. The molecule has 162 valence electrons. The van der Waals surface area contributed by atoms with Gasteiger partial charge < -0.3 is 15.4 Å². The third-order valence-electron chi connectivity index (χ3n) is 4.36. The van der Waals surface area contributed by atoms with Crippen molar-refractivity contribution in [3.8, 4) is 17.4 Å². The molecule has 2 heterocycles. The van der Waals surface area contributed by atoms with Crippen LogP contribution in [0.2, 0.25) is 5.02 Å². The average Bonchev–Trinajstić information content (AvgIpc) is 3.10. The highest BCUT2D eigenvalue weighted by Crippen LogP contribution is 2.23. The summed E-state index contributed by atoms with van der Waals surface area (Å²) in [4.78, 5) is 12.1. The number of carbonyl (C=O) groups excluding carboxylic acids is 1. The Bertz CT molecular complexity index is 1260. The topological polar surface area (TPSA) is 94.0 Å². The van der Waals surface area contributed by atoms with E-state index in [4.69, 9.17) is 16.3 Å². The van der Waals surface area contributed by atoms with E-state index in [2.05, 4.69) is 25.9 Å². The molecule has 0 saturated heterocycles. The molecule has 2 aromatic heterocycles. The van der Waals surface area contributed by atoms with E-state index < -0.39 is 11.8 Å². The van der Waals surface area contributed by atoms with E-state index in [1.54, 1.807) is 41.1 Å². The van der Waals surface area contributed by atoms with Gasteiger partial charge in [0.1, 0.15) is 11.6 Å². The molecule has 10 heteroatoms. The average molecular weight is 453 g/mol. The molecule has 0 spiro atoms. The molecule has 2 aromatic carbocycles. The van der Waals surface area contributed by atoms with Crippen molar-refractivity contribution in [1.82, 2.24) is 20.0 Å². The Morgan fingerprint density at radius 1 is 0.969 bits per heavy atom. The predicted molar refractivity (Wildman–Crippen MR) is 119 cm³/mol. The summed E-state index contributed by atoms with van der Waals surface area (Å²) in [7, 11) is 0. The Kier molecular flexibility index (Phi) is 6.00. The van der Waals surface area contributed by atoms with Crippen LogP contribution in [0.1, 0.15) is 11.4 Å². The van der Waals surface area contributed by atoms with E-state index in [9.17, 15) is 9.18 Å². The summed E-state index contributed by atoms with van der Waals surface area (Å²) in [6.07, 6.45) is 0. The molecular weight excluding hydrogens is 435 g/mol. The summed E-state index contributed by atoms with van der Waals surface area (Å²) in [5.41, 5.74) is 2.76. The summed E-state index contributed by atoms with van der Waals surface area (Å²) < 4.78 is 20.6. The first-order valence-corrected chi connectivity index (χ1v) is 9.93. The molecular formula is C22H18ClFN6O2. The van der Waals surface area contributed by atoms with Crippen LogP contribution in [0.4, 0.5) is 20.6 Å². The summed E-state index contributed by atoms with van der Waals surface area (Å²) in [6, 6.07) is 15.6. The fourth-order valence-electron chi connectivity index (χ4n) is 2.94. The van der Waals surface area contributed by atoms with Crippen LogP contribution in [0.5, 0.6) is 11.6 Å². The van der Waals surface area contributed by atoms with E-state index in [1.807, 2.05) is 19.9 Å². The van der Waals surface area contributed by atoms with E-state index in [1.165, 1.54) is 18.2 Å². The van der Waals surface area contributed by atoms with Gasteiger partial charge >= 0.3 is 6.03 Å². The van der Waals surface area contributed by atoms with Crippen molar-refractivity contribution in [2.75, 3.05) is 10.6 Å². The maximum atomic E-state index is 13.2. The van der Waals surface area contributed by atoms with E-state index in [0.717, 1.165) is 11.4 Å². The van der Waals surface area contributed by atoms with Crippen LogP contribution < -0.4 is 15.4 Å². The van der Waals surface area contributed by atoms with Gasteiger partial charge in [0.25, 0.3) is 0 Å². The van der Waals surface area contributed by atoms with Crippen LogP contribution >= 0.6 is 11.6 Å². The molecule has 8 nitrogen and oxygen atoms in total. The molecule has 0 aliphatic carbocycles. The molecule has 0 aliphatic rings. The van der Waals surface area contributed by atoms with Gasteiger partial charge in [-0.1, -0.05) is 11.6 Å². The number of aryl methyl sites for hydroxylation is 2. The molecule has 4 rings (SSSR count). The number of amides is 2. The maximum Gasteiger partial charge on any atom is 0.323 e. The number of nitrogens with one attached hydrogen (secondary N) is 2. The molecule has 0 bridgehead atoms. The fourth-order valence-corrected chi connectivity index (χ4v) is 3.12. The van der Waals surface area contributed by atoms with E-state index >= 15 is 0 Å². The fraction of sp³-hybridized carbons (Fsp3) is 0.0909. The minimum atomic E-state index is -0.556. The molecule has 4 aromatic rings. The number of carbonyl (C=O) groups is 1. The second kappa shape index (κ2) is 9.03. The number of urea groups is 1. The van der Waals surface area contributed by atoms with Crippen molar-refractivity contribution < 1.29 is 13.9 Å². The van der Waals surface area contributed by atoms with Crippen LogP contribution in [0, 0.1) is 19.7 Å². The molecule has 2 N–H and O–H groups in total. The first-order valence-electron chi connectivity index (χ1n) is 9.56. The van der Waals surface area contributed by atoms with E-state index in [0.29, 0.717) is 28.8 Å². The lowest BCUT2D eigenvalue weighted by Crippen LogP contribution is -2.19. The minimum Gasteiger partial charge on any atom is -0.438 e. The summed E-state index contributed by atoms with van der Waals surface area (Å²) >= 11 is 5.71. The van der Waals surface area contributed by atoms with Crippen LogP contribution in [0.25, 0.3) is 5.82 Å². The van der Waals surface area contributed by atoms with Crippen LogP contribution in [0.15, 0.2) is 60.7 Å². The Hall–Kier alpha value is -3.98. The zero-order chi connectivity index (χ0) is 22.7. The lowest BCUT2D eigenvalue weighted by atomic mass is 10.3. The Morgan fingerprint density at radius 3 is 2.31 bits per heavy atom. The highest BCUT2D eigenvalue weighted by atomic mass is 35.5. The number of anilines is 2. The smallest absolute Gasteiger partial charge is 0.323 e. The van der Waals surface area contributed by atoms with Crippen molar-refractivity contribution in [2.24, 2.45) is 0 Å². The first-order chi connectivity index (χ1) is 15.4. The van der Waals surface area contributed by atoms with E-state index in [-0.39, 0.29) is 5.02 Å². The molecule has 32 heavy (non-hydrogen) atoms. The van der Waals surface area contributed by atoms with Crippen LogP contribution in [-0.2, 0) is 0 Å². The summed E-state index contributed by atoms with van der Waals surface area (Å²) in [5, 5.41) is 17.8. The quantitative estimate of drug-likeness (QED) is 0.416. The van der Waals surface area contributed by atoms with Crippen molar-refractivity contribution in [3.63, 3.8) is 0 Å². The number of aromatic nitrogens is 4. The highest BCUT2D eigenvalue weighted by molar-refractivity contribution is 6.31. The summed E-state index contributed by atoms with van der Waals surface area (Å²) in [6.45, 7) is 3.85. The molecule has 0 fully saturated rings. The standard InChI is InChI=1S/C22H18ClFN6O2/c1-13-11-14(2)30(29-13)20-9-10-21(28-27-20)32-17-6-3-15(4-7-17)25-22(31)26-16-5-8-19(24)18(23)12-16/h3-12H,1-2H3,(H2,25,26,31). The minimum absolute atomic E-state index is 0.0738. The van der Waals surface area contributed by atoms with Crippen LogP contribution in [-0.4, -0.2) is 26.0 Å². The second-order valence-corrected chi connectivity index (χ2v) is 7.31. The number of rotatable bonds is 5. The Balaban J connectivity index is 1.35. The third-order valence-corrected chi connectivity index (χ3v) is 4.65.